The van der Waals surface area contributed by atoms with Gasteiger partial charge < -0.3 is 11.1 Å². The summed E-state index contributed by atoms with van der Waals surface area (Å²) >= 11 is 2.28. The van der Waals surface area contributed by atoms with E-state index < -0.39 is 0 Å². The molecule has 2 aliphatic rings. The summed E-state index contributed by atoms with van der Waals surface area (Å²) in [6, 6.07) is 1.30. The Kier molecular flexibility index (Phi) is 5.64. The molecule has 100 valence electrons. The molecule has 0 atom stereocenters. The highest BCUT2D eigenvalue weighted by atomic mass is 32.2. The van der Waals surface area contributed by atoms with Crippen LogP contribution in [0.25, 0.3) is 0 Å². The van der Waals surface area contributed by atoms with Crippen LogP contribution in [-0.4, -0.2) is 29.1 Å². The van der Waals surface area contributed by atoms with E-state index in [1.54, 1.807) is 0 Å². The van der Waals surface area contributed by atoms with Crippen molar-refractivity contribution in [2.75, 3.05) is 6.54 Å². The molecule has 0 aromatic heterocycles. The van der Waals surface area contributed by atoms with Gasteiger partial charge in [-0.25, -0.2) is 0 Å². The van der Waals surface area contributed by atoms with Crippen LogP contribution >= 0.6 is 11.8 Å². The minimum atomic E-state index is 0.497. The van der Waals surface area contributed by atoms with Crippen LogP contribution in [0.3, 0.4) is 0 Å². The molecule has 2 nitrogen and oxygen atoms in total. The van der Waals surface area contributed by atoms with Gasteiger partial charge in [-0.05, 0) is 57.9 Å². The van der Waals surface area contributed by atoms with Crippen LogP contribution in [0.2, 0.25) is 0 Å². The third kappa shape index (κ3) is 4.46. The summed E-state index contributed by atoms with van der Waals surface area (Å²) in [5.74, 6) is 0. The zero-order valence-electron chi connectivity index (χ0n) is 11.2. The maximum atomic E-state index is 5.96. The molecule has 0 radical (unpaired) electrons. The van der Waals surface area contributed by atoms with Gasteiger partial charge in [0.05, 0.1) is 0 Å². The second-order valence-electron chi connectivity index (χ2n) is 5.70. The Morgan fingerprint density at radius 1 is 0.941 bits per heavy atom. The van der Waals surface area contributed by atoms with Gasteiger partial charge in [-0.3, -0.25) is 0 Å². The van der Waals surface area contributed by atoms with Gasteiger partial charge in [-0.1, -0.05) is 6.92 Å². The van der Waals surface area contributed by atoms with Gasteiger partial charge >= 0.3 is 0 Å². The minimum absolute atomic E-state index is 0.497. The first-order valence-corrected chi connectivity index (χ1v) is 8.36. The number of hydrogen-bond donors (Lipinski definition) is 2. The molecule has 0 heterocycles. The van der Waals surface area contributed by atoms with Gasteiger partial charge in [0, 0.05) is 22.6 Å². The Morgan fingerprint density at radius 3 is 2.00 bits per heavy atom. The minimum Gasteiger partial charge on any atom is -0.328 e. The summed E-state index contributed by atoms with van der Waals surface area (Å²) in [5.41, 5.74) is 5.96. The van der Waals surface area contributed by atoms with Gasteiger partial charge in [-0.2, -0.15) is 11.8 Å². The van der Waals surface area contributed by atoms with Crippen LogP contribution in [0.4, 0.5) is 0 Å². The lowest BCUT2D eigenvalue weighted by atomic mass is 9.95. The summed E-state index contributed by atoms with van der Waals surface area (Å²) in [6.07, 6.45) is 10.8. The fraction of sp³-hybridized carbons (Fsp3) is 1.00. The van der Waals surface area contributed by atoms with Crippen molar-refractivity contribution >= 4 is 11.8 Å². The molecule has 2 saturated carbocycles. The number of rotatable bonds is 4. The molecule has 0 aromatic carbocycles. The van der Waals surface area contributed by atoms with E-state index in [4.69, 9.17) is 5.73 Å². The molecule has 0 aromatic rings. The second kappa shape index (κ2) is 7.01. The van der Waals surface area contributed by atoms with E-state index in [9.17, 15) is 0 Å². The van der Waals surface area contributed by atoms with Crippen molar-refractivity contribution < 1.29 is 0 Å². The third-order valence-corrected chi connectivity index (χ3v) is 5.98. The van der Waals surface area contributed by atoms with E-state index in [1.807, 2.05) is 0 Å². The Labute approximate surface area is 110 Å². The second-order valence-corrected chi connectivity index (χ2v) is 7.31. The molecule has 2 aliphatic carbocycles. The molecule has 3 N–H and O–H groups in total. The lowest BCUT2D eigenvalue weighted by Gasteiger charge is -2.33. The van der Waals surface area contributed by atoms with E-state index in [0.717, 1.165) is 23.1 Å². The summed E-state index contributed by atoms with van der Waals surface area (Å²) in [4.78, 5) is 0. The summed E-state index contributed by atoms with van der Waals surface area (Å²) in [5, 5.41) is 5.44. The molecular weight excluding hydrogens is 228 g/mol. The SMILES string of the molecule is CCNC1CCC(SC2CCC(N)CC2)CC1. The number of thioether (sulfide) groups is 1. The van der Waals surface area contributed by atoms with Crippen LogP contribution < -0.4 is 11.1 Å². The fourth-order valence-electron chi connectivity index (χ4n) is 3.19. The van der Waals surface area contributed by atoms with Crippen LogP contribution in [0.1, 0.15) is 58.3 Å². The van der Waals surface area contributed by atoms with Crippen molar-refractivity contribution in [2.45, 2.75) is 80.9 Å². The van der Waals surface area contributed by atoms with Crippen LogP contribution in [0.5, 0.6) is 0 Å². The highest BCUT2D eigenvalue weighted by Gasteiger charge is 2.26. The van der Waals surface area contributed by atoms with Gasteiger partial charge in [0.1, 0.15) is 0 Å². The topological polar surface area (TPSA) is 38.0 Å². The molecule has 2 rings (SSSR count). The monoisotopic (exact) mass is 256 g/mol. The van der Waals surface area contributed by atoms with Crippen molar-refractivity contribution in [3.63, 3.8) is 0 Å². The predicted molar refractivity (Wildman–Crippen MR) is 77.5 cm³/mol. The van der Waals surface area contributed by atoms with Gasteiger partial charge in [0.2, 0.25) is 0 Å². The molecule has 0 bridgehead atoms. The Bertz CT molecular complexity index is 206. The Balaban J connectivity index is 1.64. The molecule has 0 unspecified atom stereocenters. The van der Waals surface area contributed by atoms with E-state index in [2.05, 4.69) is 24.0 Å². The normalized spacial score (nSPS) is 39.2. The predicted octanol–water partition coefficient (Wildman–Crippen LogP) is 2.91. The molecule has 0 amide bonds. The lowest BCUT2D eigenvalue weighted by molar-refractivity contribution is 0.384. The maximum Gasteiger partial charge on any atom is 0.00677 e. The molecular formula is C14H28N2S. The van der Waals surface area contributed by atoms with E-state index in [-0.39, 0.29) is 0 Å². The zero-order chi connectivity index (χ0) is 12.1. The molecule has 0 spiro atoms. The van der Waals surface area contributed by atoms with E-state index >= 15 is 0 Å². The van der Waals surface area contributed by atoms with Crippen molar-refractivity contribution in [2.24, 2.45) is 5.73 Å². The smallest absolute Gasteiger partial charge is 0.00677 e. The number of nitrogens with one attached hydrogen (secondary N) is 1. The van der Waals surface area contributed by atoms with Gasteiger partial charge in [0.25, 0.3) is 0 Å². The quantitative estimate of drug-likeness (QED) is 0.812. The van der Waals surface area contributed by atoms with Crippen LogP contribution in [0, 0.1) is 0 Å². The lowest BCUT2D eigenvalue weighted by Crippen LogP contribution is -2.34. The summed E-state index contributed by atoms with van der Waals surface area (Å²) in [7, 11) is 0. The van der Waals surface area contributed by atoms with Crippen LogP contribution in [-0.2, 0) is 0 Å². The summed E-state index contributed by atoms with van der Waals surface area (Å²) < 4.78 is 0. The highest BCUT2D eigenvalue weighted by Crippen LogP contribution is 2.36. The van der Waals surface area contributed by atoms with E-state index in [1.165, 1.54) is 51.4 Å². The molecule has 0 aliphatic heterocycles. The maximum absolute atomic E-state index is 5.96. The molecule has 0 saturated heterocycles. The van der Waals surface area contributed by atoms with Gasteiger partial charge in [-0.15, -0.1) is 0 Å². The third-order valence-electron chi connectivity index (χ3n) is 4.27. The highest BCUT2D eigenvalue weighted by molar-refractivity contribution is 8.00. The van der Waals surface area contributed by atoms with E-state index in [0.29, 0.717) is 6.04 Å². The first kappa shape index (κ1) is 13.7. The molecule has 3 heteroatoms. The van der Waals surface area contributed by atoms with Crippen LogP contribution in [0.15, 0.2) is 0 Å². The first-order valence-electron chi connectivity index (χ1n) is 7.42. The number of nitrogens with two attached hydrogens (primary N) is 1. The average Bonchev–Trinajstić information content (AvgIpc) is 2.35. The van der Waals surface area contributed by atoms with Crippen molar-refractivity contribution in [1.29, 1.82) is 0 Å². The zero-order valence-corrected chi connectivity index (χ0v) is 12.0. The van der Waals surface area contributed by atoms with Crippen molar-refractivity contribution in [1.82, 2.24) is 5.32 Å². The first-order chi connectivity index (χ1) is 8.28. The standard InChI is InChI=1S/C14H28N2S/c1-2-16-12-5-9-14(10-6-12)17-13-7-3-11(15)4-8-13/h11-14,16H,2-10,15H2,1H3. The average molecular weight is 256 g/mol. The fourth-order valence-corrected chi connectivity index (χ4v) is 4.82. The Morgan fingerprint density at radius 2 is 1.47 bits per heavy atom. The number of hydrogen-bond acceptors (Lipinski definition) is 3. The molecule has 17 heavy (non-hydrogen) atoms. The van der Waals surface area contributed by atoms with Crippen molar-refractivity contribution in [3.05, 3.63) is 0 Å². The molecule has 2 fully saturated rings. The van der Waals surface area contributed by atoms with Crippen molar-refractivity contribution in [3.8, 4) is 0 Å². The summed E-state index contributed by atoms with van der Waals surface area (Å²) in [6.45, 7) is 3.34. The Hall–Kier alpha value is 0.270. The van der Waals surface area contributed by atoms with Gasteiger partial charge in [0.15, 0.2) is 0 Å². The largest absolute Gasteiger partial charge is 0.328 e.